The van der Waals surface area contributed by atoms with E-state index in [9.17, 15) is 9.59 Å². The fourth-order valence-electron chi connectivity index (χ4n) is 4.59. The summed E-state index contributed by atoms with van der Waals surface area (Å²) in [4.78, 5) is 29.2. The highest BCUT2D eigenvalue weighted by Gasteiger charge is 2.70. The zero-order valence-electron chi connectivity index (χ0n) is 12.9. The van der Waals surface area contributed by atoms with Crippen molar-refractivity contribution in [1.29, 1.82) is 0 Å². The van der Waals surface area contributed by atoms with Crippen LogP contribution >= 0.6 is 11.3 Å². The average Bonchev–Trinajstić information content (AvgIpc) is 2.91. The molecule has 5 nitrogen and oxygen atoms in total. The SMILES string of the molecule is O=C1C[C@]2(CC[C@@H]3[C@H](C(=O)Nc4nccs4)[C@H]32)Oc2ccccc21. The second-order valence-corrected chi connectivity index (χ2v) is 7.74. The molecule has 2 heterocycles. The second kappa shape index (κ2) is 4.89. The lowest BCUT2D eigenvalue weighted by Crippen LogP contribution is -2.44. The number of nitrogens with one attached hydrogen (secondary N) is 1. The first-order chi connectivity index (χ1) is 11.7. The molecule has 2 aliphatic carbocycles. The fraction of sp³-hybridized carbons (Fsp3) is 0.389. The highest BCUT2D eigenvalue weighted by atomic mass is 32.1. The Morgan fingerprint density at radius 1 is 1.38 bits per heavy atom. The number of fused-ring (bicyclic) bond motifs is 3. The van der Waals surface area contributed by atoms with Crippen LogP contribution in [-0.4, -0.2) is 22.3 Å². The van der Waals surface area contributed by atoms with E-state index in [-0.39, 0.29) is 23.5 Å². The van der Waals surface area contributed by atoms with Gasteiger partial charge in [0.2, 0.25) is 5.91 Å². The summed E-state index contributed by atoms with van der Waals surface area (Å²) in [6.07, 6.45) is 3.85. The molecule has 2 saturated carbocycles. The lowest BCUT2D eigenvalue weighted by molar-refractivity contribution is -0.119. The number of para-hydroxylation sites is 1. The predicted molar refractivity (Wildman–Crippen MR) is 89.2 cm³/mol. The summed E-state index contributed by atoms with van der Waals surface area (Å²) in [5.41, 5.74) is 0.164. The zero-order chi connectivity index (χ0) is 16.3. The minimum Gasteiger partial charge on any atom is -0.486 e. The number of hydrogen-bond donors (Lipinski definition) is 1. The summed E-state index contributed by atoms with van der Waals surface area (Å²) >= 11 is 1.41. The van der Waals surface area contributed by atoms with Crippen LogP contribution in [-0.2, 0) is 4.79 Å². The number of thiazole rings is 1. The van der Waals surface area contributed by atoms with Gasteiger partial charge >= 0.3 is 0 Å². The number of aromatic nitrogens is 1. The van der Waals surface area contributed by atoms with Gasteiger partial charge in [-0.15, -0.1) is 11.3 Å². The number of ketones is 1. The predicted octanol–water partition coefficient (Wildman–Crippen LogP) is 3.14. The van der Waals surface area contributed by atoms with E-state index < -0.39 is 5.60 Å². The van der Waals surface area contributed by atoms with Crippen LogP contribution in [0.3, 0.4) is 0 Å². The highest BCUT2D eigenvalue weighted by molar-refractivity contribution is 7.13. The molecule has 5 rings (SSSR count). The quantitative estimate of drug-likeness (QED) is 0.912. The van der Waals surface area contributed by atoms with Crippen LogP contribution < -0.4 is 10.1 Å². The molecule has 6 heteroatoms. The van der Waals surface area contributed by atoms with Gasteiger partial charge in [0.1, 0.15) is 11.4 Å². The van der Waals surface area contributed by atoms with Crippen molar-refractivity contribution >= 4 is 28.2 Å². The molecule has 3 aliphatic rings. The molecule has 24 heavy (non-hydrogen) atoms. The van der Waals surface area contributed by atoms with Crippen molar-refractivity contribution in [3.05, 3.63) is 41.4 Å². The molecule has 1 aromatic carbocycles. The largest absolute Gasteiger partial charge is 0.486 e. The lowest BCUT2D eigenvalue weighted by atomic mass is 9.84. The minimum atomic E-state index is -0.499. The molecule has 0 unspecified atom stereocenters. The van der Waals surface area contributed by atoms with E-state index in [4.69, 9.17) is 4.74 Å². The van der Waals surface area contributed by atoms with Crippen LogP contribution in [0.5, 0.6) is 5.75 Å². The Labute approximate surface area is 143 Å². The molecule has 1 aromatic heterocycles. The first kappa shape index (κ1) is 14.2. The van der Waals surface area contributed by atoms with Crippen molar-refractivity contribution in [2.24, 2.45) is 17.8 Å². The van der Waals surface area contributed by atoms with E-state index in [2.05, 4.69) is 10.3 Å². The Hall–Kier alpha value is -2.21. The van der Waals surface area contributed by atoms with Gasteiger partial charge in [0.25, 0.3) is 0 Å². The molecule has 1 spiro atoms. The van der Waals surface area contributed by atoms with Gasteiger partial charge in [-0.2, -0.15) is 0 Å². The van der Waals surface area contributed by atoms with E-state index in [0.717, 1.165) is 12.8 Å². The molecular formula is C18H16N2O3S. The summed E-state index contributed by atoms with van der Waals surface area (Å²) in [5, 5.41) is 5.36. The van der Waals surface area contributed by atoms with Gasteiger partial charge in [0, 0.05) is 23.4 Å². The Morgan fingerprint density at radius 3 is 3.08 bits per heavy atom. The third kappa shape index (κ3) is 1.95. The van der Waals surface area contributed by atoms with Gasteiger partial charge in [0.15, 0.2) is 10.9 Å². The summed E-state index contributed by atoms with van der Waals surface area (Å²) < 4.78 is 6.31. The number of hydrogen-bond acceptors (Lipinski definition) is 5. The number of benzene rings is 1. The summed E-state index contributed by atoms with van der Waals surface area (Å²) in [6.45, 7) is 0. The Kier molecular flexibility index (Phi) is 2.89. The van der Waals surface area contributed by atoms with Crippen molar-refractivity contribution in [1.82, 2.24) is 4.98 Å². The highest BCUT2D eigenvalue weighted by Crippen LogP contribution is 2.65. The number of nitrogens with zero attached hydrogens (tertiary/aromatic N) is 1. The van der Waals surface area contributed by atoms with Gasteiger partial charge in [0.05, 0.1) is 12.0 Å². The van der Waals surface area contributed by atoms with Gasteiger partial charge in [-0.1, -0.05) is 12.1 Å². The van der Waals surface area contributed by atoms with Crippen LogP contribution in [0, 0.1) is 17.8 Å². The lowest BCUT2D eigenvalue weighted by Gasteiger charge is -2.37. The third-order valence-electron chi connectivity index (χ3n) is 5.60. The summed E-state index contributed by atoms with van der Waals surface area (Å²) in [7, 11) is 0. The van der Waals surface area contributed by atoms with E-state index in [1.807, 2.05) is 29.6 Å². The standard InChI is InChI=1S/C18H16N2O3S/c21-12-9-18(23-13-4-2-1-3-10(12)13)6-5-11-14(15(11)18)16(22)20-17-19-7-8-24-17/h1-4,7-8,11,14-15H,5-6,9H2,(H,19,20,22)/t11-,14+,15+,18+/m1/s1. The molecule has 2 aromatic rings. The molecule has 0 radical (unpaired) electrons. The number of rotatable bonds is 2. The van der Waals surface area contributed by atoms with Crippen molar-refractivity contribution < 1.29 is 14.3 Å². The number of carbonyl (C=O) groups excluding carboxylic acids is 2. The molecular weight excluding hydrogens is 324 g/mol. The molecule has 2 fully saturated rings. The average molecular weight is 340 g/mol. The zero-order valence-corrected chi connectivity index (χ0v) is 13.7. The van der Waals surface area contributed by atoms with Gasteiger partial charge in [-0.25, -0.2) is 4.98 Å². The van der Waals surface area contributed by atoms with Crippen LogP contribution in [0.2, 0.25) is 0 Å². The van der Waals surface area contributed by atoms with Crippen LogP contribution in [0.4, 0.5) is 5.13 Å². The van der Waals surface area contributed by atoms with Gasteiger partial charge < -0.3 is 10.1 Å². The van der Waals surface area contributed by atoms with Crippen molar-refractivity contribution in [2.45, 2.75) is 24.9 Å². The van der Waals surface area contributed by atoms with Gasteiger partial charge in [-0.3, -0.25) is 9.59 Å². The van der Waals surface area contributed by atoms with Crippen molar-refractivity contribution in [2.75, 3.05) is 5.32 Å². The minimum absolute atomic E-state index is 0.00827. The number of ether oxygens (including phenoxy) is 1. The summed E-state index contributed by atoms with van der Waals surface area (Å²) in [6, 6.07) is 7.42. The van der Waals surface area contributed by atoms with Crippen LogP contribution in [0.15, 0.2) is 35.8 Å². The van der Waals surface area contributed by atoms with E-state index >= 15 is 0 Å². The van der Waals surface area contributed by atoms with Crippen molar-refractivity contribution in [3.63, 3.8) is 0 Å². The Bertz CT molecular complexity index is 835. The van der Waals surface area contributed by atoms with E-state index in [1.54, 1.807) is 6.20 Å². The maximum Gasteiger partial charge on any atom is 0.230 e. The molecule has 0 bridgehead atoms. The maximum atomic E-state index is 12.6. The first-order valence-electron chi connectivity index (χ1n) is 8.20. The van der Waals surface area contributed by atoms with Crippen LogP contribution in [0.25, 0.3) is 0 Å². The van der Waals surface area contributed by atoms with Crippen LogP contribution in [0.1, 0.15) is 29.6 Å². The van der Waals surface area contributed by atoms with E-state index in [1.165, 1.54) is 11.3 Å². The molecule has 1 N–H and O–H groups in total. The molecule has 122 valence electrons. The second-order valence-electron chi connectivity index (χ2n) is 6.84. The van der Waals surface area contributed by atoms with Gasteiger partial charge in [-0.05, 0) is 30.9 Å². The smallest absolute Gasteiger partial charge is 0.230 e. The Balaban J connectivity index is 1.39. The maximum absolute atomic E-state index is 12.6. The summed E-state index contributed by atoms with van der Waals surface area (Å²) in [5.74, 6) is 1.19. The molecule has 0 saturated heterocycles. The molecule has 4 atom stereocenters. The first-order valence-corrected chi connectivity index (χ1v) is 9.07. The topological polar surface area (TPSA) is 68.3 Å². The Morgan fingerprint density at radius 2 is 2.25 bits per heavy atom. The van der Waals surface area contributed by atoms with Crippen molar-refractivity contribution in [3.8, 4) is 5.75 Å². The fourth-order valence-corrected chi connectivity index (χ4v) is 5.12. The number of Topliss-reactive ketones (excluding diaryl/α,β-unsaturated/α-hetero) is 1. The number of carbonyl (C=O) groups is 2. The third-order valence-corrected chi connectivity index (χ3v) is 6.29. The molecule has 1 aliphatic heterocycles. The van der Waals surface area contributed by atoms with E-state index in [0.29, 0.717) is 28.8 Å². The number of amides is 1. The normalized spacial score (nSPS) is 32.8. The monoisotopic (exact) mass is 340 g/mol. The molecule has 1 amide bonds. The number of anilines is 1.